The van der Waals surface area contributed by atoms with Crippen molar-refractivity contribution < 1.29 is 75.6 Å². The quantitative estimate of drug-likeness (QED) is 0.549. The van der Waals surface area contributed by atoms with Crippen LogP contribution < -0.4 is 0 Å². The molecule has 0 radical (unpaired) electrons. The molecule has 0 fully saturated rings. The van der Waals surface area contributed by atoms with E-state index in [4.69, 9.17) is 9.39 Å². The average molecular weight is 368 g/mol. The van der Waals surface area contributed by atoms with Crippen LogP contribution in [0.15, 0.2) is 0 Å². The second-order valence-electron chi connectivity index (χ2n) is 0. The molecule has 0 aliphatic heterocycles. The van der Waals surface area contributed by atoms with Gasteiger partial charge in [-0.3, -0.25) is 0 Å². The van der Waals surface area contributed by atoms with Crippen LogP contribution in [0.1, 0.15) is 0 Å². The van der Waals surface area contributed by atoms with Crippen LogP contribution in [-0.2, 0) is 75.6 Å². The van der Waals surface area contributed by atoms with E-state index in [9.17, 15) is 0 Å². The Hall–Kier alpha value is 1.74. The monoisotopic (exact) mass is 367 g/mol. The Morgan fingerprint density at radius 1 is 1.17 bits per heavy atom. The van der Waals surface area contributed by atoms with Gasteiger partial charge in [0.1, 0.15) is 0 Å². The van der Waals surface area contributed by atoms with Crippen molar-refractivity contribution in [3.63, 3.8) is 0 Å². The molecule has 0 unspecified atom stereocenters. The molecule has 0 heterocycles. The fraction of sp³-hybridized carbons (Fsp3) is 0. The molecule has 0 aromatic heterocycles. The molecule has 0 aliphatic carbocycles. The Bertz CT molecular complexity index is 15.5. The first-order valence-electron chi connectivity index (χ1n) is 0.591. The second-order valence-corrected chi connectivity index (χ2v) is 0. The number of hydrogen-bond acceptors (Lipinski definition) is 3. The van der Waals surface area contributed by atoms with Gasteiger partial charge in [0.2, 0.25) is 0 Å². The molecule has 0 atom stereocenters. The van der Waals surface area contributed by atoms with Crippen molar-refractivity contribution in [2.45, 2.75) is 0 Å². The SMILES string of the molecule is [O]=[Ta].[O]=[Ti].[O]=[Zr]. The van der Waals surface area contributed by atoms with Gasteiger partial charge in [-0.2, -0.15) is 0 Å². The van der Waals surface area contributed by atoms with Gasteiger partial charge in [0.25, 0.3) is 0 Å². The van der Waals surface area contributed by atoms with Gasteiger partial charge < -0.3 is 0 Å². The molecule has 6 heavy (non-hydrogen) atoms. The van der Waals surface area contributed by atoms with E-state index in [2.05, 4.69) is 0 Å². The summed E-state index contributed by atoms with van der Waals surface area (Å²) in [4.78, 5) is 0. The molecule has 0 rings (SSSR count). The zero-order valence-electron chi connectivity index (χ0n) is 2.67. The first-order valence-corrected chi connectivity index (χ1v) is 3.54. The summed E-state index contributed by atoms with van der Waals surface area (Å²) in [5, 5.41) is 0. The standard InChI is InChI=1S/3O.Ta.Ti.Zr. The molecule has 6 heteroatoms. The molecular weight excluding hydrogens is 368 g/mol. The van der Waals surface area contributed by atoms with Crippen LogP contribution in [-0.4, -0.2) is 0 Å². The van der Waals surface area contributed by atoms with Gasteiger partial charge in [-0.1, -0.05) is 0 Å². The van der Waals surface area contributed by atoms with E-state index in [0.717, 1.165) is 20.4 Å². The van der Waals surface area contributed by atoms with Gasteiger partial charge in [0.05, 0.1) is 0 Å². The van der Waals surface area contributed by atoms with Crippen molar-refractivity contribution in [3.8, 4) is 0 Å². The van der Waals surface area contributed by atoms with Gasteiger partial charge in [-0.05, 0) is 0 Å². The van der Waals surface area contributed by atoms with Crippen molar-refractivity contribution in [1.29, 1.82) is 0 Å². The summed E-state index contributed by atoms with van der Waals surface area (Å²) < 4.78 is 25.0. The summed E-state index contributed by atoms with van der Waals surface area (Å²) in [6, 6.07) is 0. The van der Waals surface area contributed by atoms with Crippen molar-refractivity contribution in [3.05, 3.63) is 0 Å². The molecule has 31 valence electrons. The van der Waals surface area contributed by atoms with E-state index in [1.165, 1.54) is 0 Å². The van der Waals surface area contributed by atoms with Gasteiger partial charge in [-0.25, -0.2) is 0 Å². The third kappa shape index (κ3) is 42.7. The predicted octanol–water partition coefficient (Wildman–Crippen LogP) is -0.364. The van der Waals surface area contributed by atoms with Crippen LogP contribution in [0.4, 0.5) is 0 Å². The molecule has 0 aromatic carbocycles. The van der Waals surface area contributed by atoms with Crippen molar-refractivity contribution in [2.24, 2.45) is 0 Å². The van der Waals surface area contributed by atoms with E-state index in [1.54, 1.807) is 0 Å². The van der Waals surface area contributed by atoms with Crippen LogP contribution >= 0.6 is 0 Å². The van der Waals surface area contributed by atoms with Crippen LogP contribution in [0.3, 0.4) is 0 Å². The van der Waals surface area contributed by atoms with Gasteiger partial charge in [-0.15, -0.1) is 0 Å². The third-order valence-electron chi connectivity index (χ3n) is 0. The Labute approximate surface area is 74.5 Å². The van der Waals surface area contributed by atoms with Gasteiger partial charge >= 0.3 is 75.6 Å². The minimum atomic E-state index is 0.194. The fourth-order valence-electron chi connectivity index (χ4n) is 0. The van der Waals surface area contributed by atoms with E-state index in [1.807, 2.05) is 0 Å². The van der Waals surface area contributed by atoms with E-state index >= 15 is 0 Å². The molecule has 3 nitrogen and oxygen atoms in total. The second kappa shape index (κ2) is 73.5. The summed E-state index contributed by atoms with van der Waals surface area (Å²) in [5.41, 5.74) is 0. The predicted molar refractivity (Wildman–Crippen MR) is 2.06 cm³/mol. The zero-order valence-corrected chi connectivity index (χ0v) is 9.90. The summed E-state index contributed by atoms with van der Waals surface area (Å²) >= 11 is 1.24. The molecule has 0 saturated carbocycles. The Morgan fingerprint density at radius 3 is 1.17 bits per heavy atom. The van der Waals surface area contributed by atoms with Crippen LogP contribution in [0.2, 0.25) is 0 Å². The van der Waals surface area contributed by atoms with Gasteiger partial charge in [0, 0.05) is 0 Å². The number of rotatable bonds is 0. The van der Waals surface area contributed by atoms with Crippen LogP contribution in [0.25, 0.3) is 0 Å². The number of hydrogen-bond donors (Lipinski definition) is 0. The first kappa shape index (κ1) is 15.6. The fourth-order valence-corrected chi connectivity index (χ4v) is 0. The van der Waals surface area contributed by atoms with E-state index in [0.29, 0.717) is 24.7 Å². The first-order chi connectivity index (χ1) is 3.00. The molecule has 0 aliphatic rings. The molecular formula is O3TaTiZr. The summed E-state index contributed by atoms with van der Waals surface area (Å²) in [6.07, 6.45) is 0. The van der Waals surface area contributed by atoms with E-state index < -0.39 is 0 Å². The Morgan fingerprint density at radius 2 is 1.17 bits per heavy atom. The summed E-state index contributed by atoms with van der Waals surface area (Å²) in [6.45, 7) is 0. The van der Waals surface area contributed by atoms with Crippen molar-refractivity contribution >= 4 is 0 Å². The molecule has 0 bridgehead atoms. The van der Waals surface area contributed by atoms with Crippen molar-refractivity contribution in [1.82, 2.24) is 0 Å². The van der Waals surface area contributed by atoms with Crippen LogP contribution in [0, 0.1) is 0 Å². The van der Waals surface area contributed by atoms with Crippen molar-refractivity contribution in [2.75, 3.05) is 0 Å². The van der Waals surface area contributed by atoms with E-state index in [-0.39, 0.29) is 21.0 Å². The molecule has 0 spiro atoms. The Balaban J connectivity index is -0.0000000225. The summed E-state index contributed by atoms with van der Waals surface area (Å²) in [7, 11) is 0. The molecule has 0 amide bonds. The topological polar surface area (TPSA) is 51.2 Å². The van der Waals surface area contributed by atoms with Gasteiger partial charge in [0.15, 0.2) is 0 Å². The maximum absolute atomic E-state index is 8.36. The van der Waals surface area contributed by atoms with Crippen LogP contribution in [0.5, 0.6) is 0 Å². The normalized spacial score (nSPS) is 1.50. The minimum absolute atomic E-state index is 0.194. The Kier molecular flexibility index (Phi) is 192. The third-order valence-corrected chi connectivity index (χ3v) is 0. The molecule has 0 saturated heterocycles. The molecule has 0 N–H and O–H groups in total. The average Bonchev–Trinajstić information content (AvgIpc) is 1.81. The maximum atomic E-state index is 8.36. The zero-order chi connectivity index (χ0) is 6.00. The molecule has 0 aromatic rings. The summed E-state index contributed by atoms with van der Waals surface area (Å²) in [5.74, 6) is 0.